The Bertz CT molecular complexity index is 457. The lowest BCUT2D eigenvalue weighted by atomic mass is 9.95. The van der Waals surface area contributed by atoms with Crippen molar-refractivity contribution in [2.24, 2.45) is 0 Å². The third kappa shape index (κ3) is 2.70. The highest BCUT2D eigenvalue weighted by Crippen LogP contribution is 2.16. The van der Waals surface area contributed by atoms with Crippen LogP contribution in [0.1, 0.15) is 35.7 Å². The standard InChI is InChI=1S/C14H18N2O2/c1-2-3-8-15-14(18)12-9-10-6-4-5-7-11(10)13(17)16-12/h4-7,12H,2-3,8-9H2,1H3,(H,15,18)(H,16,17). The molecule has 0 bridgehead atoms. The van der Waals surface area contributed by atoms with E-state index in [1.54, 1.807) is 6.07 Å². The van der Waals surface area contributed by atoms with Crippen LogP contribution in [-0.2, 0) is 11.2 Å². The Morgan fingerprint density at radius 2 is 2.22 bits per heavy atom. The minimum Gasteiger partial charge on any atom is -0.354 e. The van der Waals surface area contributed by atoms with Gasteiger partial charge in [-0.25, -0.2) is 0 Å². The zero-order valence-corrected chi connectivity index (χ0v) is 10.5. The summed E-state index contributed by atoms with van der Waals surface area (Å²) >= 11 is 0. The molecular formula is C14H18N2O2. The Morgan fingerprint density at radius 3 is 3.00 bits per heavy atom. The van der Waals surface area contributed by atoms with Gasteiger partial charge in [0.1, 0.15) is 6.04 Å². The Balaban J connectivity index is 2.02. The molecule has 1 aliphatic rings. The van der Waals surface area contributed by atoms with Gasteiger partial charge >= 0.3 is 0 Å². The predicted octanol–water partition coefficient (Wildman–Crippen LogP) is 1.26. The van der Waals surface area contributed by atoms with E-state index in [1.807, 2.05) is 18.2 Å². The van der Waals surface area contributed by atoms with Crippen molar-refractivity contribution in [1.29, 1.82) is 0 Å². The summed E-state index contributed by atoms with van der Waals surface area (Å²) in [6.45, 7) is 2.74. The zero-order valence-electron chi connectivity index (χ0n) is 10.5. The molecule has 1 aromatic carbocycles. The van der Waals surface area contributed by atoms with E-state index in [9.17, 15) is 9.59 Å². The maximum Gasteiger partial charge on any atom is 0.252 e. The molecule has 2 rings (SSSR count). The number of amides is 2. The van der Waals surface area contributed by atoms with Crippen molar-refractivity contribution in [2.45, 2.75) is 32.2 Å². The summed E-state index contributed by atoms with van der Waals surface area (Å²) < 4.78 is 0. The van der Waals surface area contributed by atoms with Crippen LogP contribution < -0.4 is 10.6 Å². The van der Waals surface area contributed by atoms with Crippen molar-refractivity contribution in [3.8, 4) is 0 Å². The number of fused-ring (bicyclic) bond motifs is 1. The molecule has 0 fully saturated rings. The van der Waals surface area contributed by atoms with Crippen LogP contribution in [0, 0.1) is 0 Å². The summed E-state index contributed by atoms with van der Waals surface area (Å²) in [5.41, 5.74) is 1.62. The van der Waals surface area contributed by atoms with Gasteiger partial charge in [-0.3, -0.25) is 9.59 Å². The molecule has 4 nitrogen and oxygen atoms in total. The van der Waals surface area contributed by atoms with Crippen molar-refractivity contribution in [1.82, 2.24) is 10.6 Å². The molecule has 18 heavy (non-hydrogen) atoms. The summed E-state index contributed by atoms with van der Waals surface area (Å²) in [4.78, 5) is 23.7. The van der Waals surface area contributed by atoms with Crippen molar-refractivity contribution in [3.05, 3.63) is 35.4 Å². The zero-order chi connectivity index (χ0) is 13.0. The first kappa shape index (κ1) is 12.6. The van der Waals surface area contributed by atoms with Gasteiger partial charge in [0.15, 0.2) is 0 Å². The molecule has 0 aliphatic carbocycles. The lowest BCUT2D eigenvalue weighted by Crippen LogP contribution is -2.51. The van der Waals surface area contributed by atoms with Gasteiger partial charge in [-0.1, -0.05) is 31.5 Å². The molecular weight excluding hydrogens is 228 g/mol. The average Bonchev–Trinajstić information content (AvgIpc) is 2.39. The molecule has 0 radical (unpaired) electrons. The van der Waals surface area contributed by atoms with Crippen LogP contribution in [0.25, 0.3) is 0 Å². The Kier molecular flexibility index (Phi) is 3.97. The topological polar surface area (TPSA) is 58.2 Å². The molecule has 1 aromatic rings. The largest absolute Gasteiger partial charge is 0.354 e. The fourth-order valence-electron chi connectivity index (χ4n) is 2.10. The number of carbonyl (C=O) groups excluding carboxylic acids is 2. The maximum atomic E-state index is 11.9. The summed E-state index contributed by atoms with van der Waals surface area (Å²) in [5.74, 6) is -0.251. The summed E-state index contributed by atoms with van der Waals surface area (Å²) in [7, 11) is 0. The van der Waals surface area contributed by atoms with Gasteiger partial charge in [0.25, 0.3) is 5.91 Å². The van der Waals surface area contributed by atoms with Crippen molar-refractivity contribution in [3.63, 3.8) is 0 Å². The van der Waals surface area contributed by atoms with Crippen LogP contribution in [-0.4, -0.2) is 24.4 Å². The van der Waals surface area contributed by atoms with E-state index in [2.05, 4.69) is 17.6 Å². The predicted molar refractivity (Wildman–Crippen MR) is 69.3 cm³/mol. The molecule has 4 heteroatoms. The van der Waals surface area contributed by atoms with Gasteiger partial charge in [0.05, 0.1) is 0 Å². The van der Waals surface area contributed by atoms with Crippen LogP contribution in [0.15, 0.2) is 24.3 Å². The molecule has 1 aliphatic heterocycles. The van der Waals surface area contributed by atoms with Crippen LogP contribution in [0.4, 0.5) is 0 Å². The van der Waals surface area contributed by atoms with E-state index in [0.29, 0.717) is 18.5 Å². The second-order valence-electron chi connectivity index (χ2n) is 4.53. The van der Waals surface area contributed by atoms with E-state index in [-0.39, 0.29) is 11.8 Å². The summed E-state index contributed by atoms with van der Waals surface area (Å²) in [6, 6.07) is 6.98. The van der Waals surface area contributed by atoms with Crippen LogP contribution in [0.5, 0.6) is 0 Å². The molecule has 0 aromatic heterocycles. The van der Waals surface area contributed by atoms with Crippen LogP contribution in [0.3, 0.4) is 0 Å². The first-order valence-corrected chi connectivity index (χ1v) is 6.39. The third-order valence-corrected chi connectivity index (χ3v) is 3.14. The van der Waals surface area contributed by atoms with Crippen molar-refractivity contribution in [2.75, 3.05) is 6.54 Å². The Morgan fingerprint density at radius 1 is 1.44 bits per heavy atom. The van der Waals surface area contributed by atoms with Crippen LogP contribution in [0.2, 0.25) is 0 Å². The Hall–Kier alpha value is -1.84. The molecule has 0 saturated heterocycles. The van der Waals surface area contributed by atoms with E-state index < -0.39 is 6.04 Å². The van der Waals surface area contributed by atoms with Crippen molar-refractivity contribution < 1.29 is 9.59 Å². The van der Waals surface area contributed by atoms with Gasteiger partial charge in [0.2, 0.25) is 5.91 Å². The van der Waals surface area contributed by atoms with Gasteiger partial charge < -0.3 is 10.6 Å². The highest BCUT2D eigenvalue weighted by atomic mass is 16.2. The van der Waals surface area contributed by atoms with Gasteiger partial charge in [-0.2, -0.15) is 0 Å². The molecule has 1 unspecified atom stereocenters. The van der Waals surface area contributed by atoms with Crippen molar-refractivity contribution >= 4 is 11.8 Å². The number of benzene rings is 1. The minimum atomic E-state index is -0.441. The van der Waals surface area contributed by atoms with E-state index in [0.717, 1.165) is 18.4 Å². The fourth-order valence-corrected chi connectivity index (χ4v) is 2.10. The smallest absolute Gasteiger partial charge is 0.252 e. The number of nitrogens with one attached hydrogen (secondary N) is 2. The van der Waals surface area contributed by atoms with E-state index >= 15 is 0 Å². The van der Waals surface area contributed by atoms with Gasteiger partial charge in [-0.05, 0) is 18.1 Å². The highest BCUT2D eigenvalue weighted by molar-refractivity contribution is 6.00. The lowest BCUT2D eigenvalue weighted by Gasteiger charge is -2.24. The molecule has 0 spiro atoms. The van der Waals surface area contributed by atoms with Gasteiger partial charge in [0, 0.05) is 18.5 Å². The number of rotatable bonds is 4. The number of carbonyl (C=O) groups is 2. The minimum absolute atomic E-state index is 0.0914. The van der Waals surface area contributed by atoms with Gasteiger partial charge in [-0.15, -0.1) is 0 Å². The average molecular weight is 246 g/mol. The second-order valence-corrected chi connectivity index (χ2v) is 4.53. The van der Waals surface area contributed by atoms with E-state index in [4.69, 9.17) is 0 Å². The fraction of sp³-hybridized carbons (Fsp3) is 0.429. The van der Waals surface area contributed by atoms with Crippen LogP contribution >= 0.6 is 0 Å². The molecule has 2 amide bonds. The summed E-state index contributed by atoms with van der Waals surface area (Å²) in [6.07, 6.45) is 2.57. The highest BCUT2D eigenvalue weighted by Gasteiger charge is 2.28. The maximum absolute atomic E-state index is 11.9. The molecule has 2 N–H and O–H groups in total. The lowest BCUT2D eigenvalue weighted by molar-refractivity contribution is -0.123. The first-order chi connectivity index (χ1) is 8.72. The molecule has 96 valence electrons. The first-order valence-electron chi connectivity index (χ1n) is 6.39. The number of hydrogen-bond acceptors (Lipinski definition) is 2. The molecule has 1 heterocycles. The monoisotopic (exact) mass is 246 g/mol. The number of unbranched alkanes of at least 4 members (excludes halogenated alkanes) is 1. The quantitative estimate of drug-likeness (QED) is 0.786. The molecule has 1 atom stereocenters. The SMILES string of the molecule is CCCCNC(=O)C1Cc2ccccc2C(=O)N1. The van der Waals surface area contributed by atoms with E-state index in [1.165, 1.54) is 0 Å². The Labute approximate surface area is 107 Å². The third-order valence-electron chi connectivity index (χ3n) is 3.14. The normalized spacial score (nSPS) is 17.8. The number of hydrogen-bond donors (Lipinski definition) is 2. The summed E-state index contributed by atoms with van der Waals surface area (Å²) in [5, 5.41) is 5.60. The second kappa shape index (κ2) is 5.67. The molecule has 0 saturated carbocycles.